The van der Waals surface area contributed by atoms with Gasteiger partial charge in [0, 0.05) is 30.1 Å². The molecular weight excluding hydrogens is 508 g/mol. The summed E-state index contributed by atoms with van der Waals surface area (Å²) in [5.41, 5.74) is 3.66. The quantitative estimate of drug-likeness (QED) is 0.271. The normalized spacial score (nSPS) is 16.3. The Morgan fingerprint density at radius 1 is 1.15 bits per heavy atom. The lowest BCUT2D eigenvalue weighted by atomic mass is 10.0. The van der Waals surface area contributed by atoms with E-state index in [1.807, 2.05) is 41.9 Å². The van der Waals surface area contributed by atoms with Gasteiger partial charge in [-0.05, 0) is 70.6 Å². The SMILES string of the molecule is Cc1cccc2cc([C@@H](c3nnnn3C[C@H]3CCCO3)N(CCc3ccccc3)Cc3cccs3)c(=O)[nH]c12. The zero-order valence-electron chi connectivity index (χ0n) is 22.0. The fourth-order valence-corrected chi connectivity index (χ4v) is 6.17. The summed E-state index contributed by atoms with van der Waals surface area (Å²) in [5.74, 6) is 0.660. The van der Waals surface area contributed by atoms with Gasteiger partial charge in [-0.2, -0.15) is 0 Å². The van der Waals surface area contributed by atoms with Crippen LogP contribution in [0, 0.1) is 6.92 Å². The van der Waals surface area contributed by atoms with Gasteiger partial charge in [-0.15, -0.1) is 16.4 Å². The third-order valence-corrected chi connectivity index (χ3v) is 8.31. The van der Waals surface area contributed by atoms with Gasteiger partial charge in [-0.1, -0.05) is 54.6 Å². The average Bonchev–Trinajstić information content (AvgIpc) is 3.74. The van der Waals surface area contributed by atoms with Crippen molar-refractivity contribution >= 4 is 22.2 Å². The largest absolute Gasteiger partial charge is 0.376 e. The molecule has 200 valence electrons. The molecule has 6 rings (SSSR count). The van der Waals surface area contributed by atoms with E-state index >= 15 is 0 Å². The third-order valence-electron chi connectivity index (χ3n) is 7.45. The van der Waals surface area contributed by atoms with Crippen LogP contribution >= 0.6 is 11.3 Å². The third kappa shape index (κ3) is 5.71. The molecule has 9 heteroatoms. The number of pyridine rings is 1. The van der Waals surface area contributed by atoms with Crippen LogP contribution in [0.2, 0.25) is 0 Å². The maximum absolute atomic E-state index is 13.8. The topological polar surface area (TPSA) is 88.9 Å². The lowest BCUT2D eigenvalue weighted by Crippen LogP contribution is -2.36. The standard InChI is InChI=1S/C30H32N6O2S/c1-21-8-5-11-23-18-26(30(37)31-27(21)23)28(29-32-33-34-36(29)19-24-12-6-16-38-24)35(20-25-13-7-17-39-25)15-14-22-9-3-2-4-10-22/h2-5,7-11,13,17-18,24,28H,6,12,14-16,19-20H2,1H3,(H,31,37)/t24-,28+/m1/s1. The fourth-order valence-electron chi connectivity index (χ4n) is 5.44. The highest BCUT2D eigenvalue weighted by atomic mass is 32.1. The summed E-state index contributed by atoms with van der Waals surface area (Å²) in [6.07, 6.45) is 2.92. The molecular formula is C30H32N6O2S. The maximum Gasteiger partial charge on any atom is 0.253 e. The molecule has 1 aliphatic heterocycles. The van der Waals surface area contributed by atoms with Crippen molar-refractivity contribution in [2.75, 3.05) is 13.2 Å². The van der Waals surface area contributed by atoms with Crippen LogP contribution in [0.4, 0.5) is 0 Å². The zero-order chi connectivity index (χ0) is 26.6. The van der Waals surface area contributed by atoms with Gasteiger partial charge in [0.2, 0.25) is 0 Å². The number of rotatable bonds is 10. The molecule has 3 aromatic heterocycles. The zero-order valence-corrected chi connectivity index (χ0v) is 22.8. The number of fused-ring (bicyclic) bond motifs is 1. The number of nitrogens with one attached hydrogen (secondary N) is 1. The number of ether oxygens (including phenoxy) is 1. The molecule has 8 nitrogen and oxygen atoms in total. The van der Waals surface area contributed by atoms with Crippen molar-refractivity contribution in [1.29, 1.82) is 0 Å². The molecule has 1 fully saturated rings. The number of benzene rings is 2. The van der Waals surface area contributed by atoms with E-state index < -0.39 is 6.04 Å². The Bertz CT molecular complexity index is 1570. The van der Waals surface area contributed by atoms with E-state index in [1.165, 1.54) is 10.4 Å². The van der Waals surface area contributed by atoms with E-state index in [1.54, 1.807) is 11.3 Å². The number of hydrogen-bond donors (Lipinski definition) is 1. The second-order valence-electron chi connectivity index (χ2n) is 10.1. The van der Waals surface area contributed by atoms with E-state index in [0.29, 0.717) is 24.5 Å². The van der Waals surface area contributed by atoms with Gasteiger partial charge in [0.25, 0.3) is 5.56 Å². The number of para-hydroxylation sites is 1. The second-order valence-corrected chi connectivity index (χ2v) is 11.2. The number of hydrogen-bond acceptors (Lipinski definition) is 7. The summed E-state index contributed by atoms with van der Waals surface area (Å²) in [5, 5.41) is 16.1. The number of H-pyrrole nitrogens is 1. The number of aryl methyl sites for hydroxylation is 1. The Balaban J connectivity index is 1.46. The van der Waals surface area contributed by atoms with Crippen LogP contribution in [-0.2, 0) is 24.2 Å². The molecule has 0 radical (unpaired) electrons. The predicted molar refractivity (Wildman–Crippen MR) is 153 cm³/mol. The molecule has 0 aliphatic carbocycles. The van der Waals surface area contributed by atoms with E-state index in [4.69, 9.17) is 4.74 Å². The van der Waals surface area contributed by atoms with Crippen LogP contribution < -0.4 is 5.56 Å². The smallest absolute Gasteiger partial charge is 0.253 e. The van der Waals surface area contributed by atoms with Gasteiger partial charge in [-0.25, -0.2) is 4.68 Å². The Morgan fingerprint density at radius 3 is 2.85 bits per heavy atom. The lowest BCUT2D eigenvalue weighted by Gasteiger charge is -2.31. The fraction of sp³-hybridized carbons (Fsp3) is 0.333. The summed E-state index contributed by atoms with van der Waals surface area (Å²) in [7, 11) is 0. The maximum atomic E-state index is 13.8. The molecule has 2 atom stereocenters. The molecule has 0 saturated carbocycles. The van der Waals surface area contributed by atoms with Gasteiger partial charge < -0.3 is 9.72 Å². The molecule has 0 unspecified atom stereocenters. The summed E-state index contributed by atoms with van der Waals surface area (Å²) in [6.45, 7) is 4.74. The van der Waals surface area contributed by atoms with Crippen LogP contribution in [0.5, 0.6) is 0 Å². The molecule has 0 spiro atoms. The number of aromatic amines is 1. The molecule has 1 saturated heterocycles. The minimum Gasteiger partial charge on any atom is -0.376 e. The molecule has 1 aliphatic rings. The van der Waals surface area contributed by atoms with E-state index in [2.05, 4.69) is 67.2 Å². The monoisotopic (exact) mass is 540 g/mol. The Labute approximate surface area is 231 Å². The minimum atomic E-state index is -0.444. The highest BCUT2D eigenvalue weighted by Crippen LogP contribution is 2.30. The van der Waals surface area contributed by atoms with Crippen molar-refractivity contribution in [1.82, 2.24) is 30.1 Å². The first-order chi connectivity index (χ1) is 19.2. The van der Waals surface area contributed by atoms with Crippen molar-refractivity contribution in [2.24, 2.45) is 0 Å². The van der Waals surface area contributed by atoms with E-state index in [9.17, 15) is 4.79 Å². The van der Waals surface area contributed by atoms with Gasteiger partial charge in [0.05, 0.1) is 18.2 Å². The van der Waals surface area contributed by atoms with Crippen LogP contribution in [0.3, 0.4) is 0 Å². The Hall–Kier alpha value is -3.66. The first-order valence-electron chi connectivity index (χ1n) is 13.5. The van der Waals surface area contributed by atoms with Crippen molar-refractivity contribution < 1.29 is 4.74 Å². The van der Waals surface area contributed by atoms with E-state index in [-0.39, 0.29) is 11.7 Å². The molecule has 0 amide bonds. The lowest BCUT2D eigenvalue weighted by molar-refractivity contribution is 0.0906. The van der Waals surface area contributed by atoms with Gasteiger partial charge >= 0.3 is 0 Å². The number of nitrogens with zero attached hydrogens (tertiary/aromatic N) is 5. The van der Waals surface area contributed by atoms with Crippen molar-refractivity contribution in [3.63, 3.8) is 0 Å². The molecule has 2 aromatic carbocycles. The van der Waals surface area contributed by atoms with Gasteiger partial charge in [0.15, 0.2) is 5.82 Å². The predicted octanol–water partition coefficient (Wildman–Crippen LogP) is 4.90. The van der Waals surface area contributed by atoms with Gasteiger partial charge in [-0.3, -0.25) is 9.69 Å². The Morgan fingerprint density at radius 2 is 2.05 bits per heavy atom. The number of aromatic nitrogens is 5. The van der Waals surface area contributed by atoms with Crippen molar-refractivity contribution in [3.05, 3.63) is 110 Å². The van der Waals surface area contributed by atoms with Crippen LogP contribution in [0.1, 0.15) is 46.3 Å². The highest BCUT2D eigenvalue weighted by molar-refractivity contribution is 7.09. The summed E-state index contributed by atoms with van der Waals surface area (Å²) < 4.78 is 7.75. The molecule has 4 heterocycles. The van der Waals surface area contributed by atoms with Crippen LogP contribution in [0.15, 0.2) is 76.9 Å². The summed E-state index contributed by atoms with van der Waals surface area (Å²) in [4.78, 5) is 20.5. The van der Waals surface area contributed by atoms with Crippen LogP contribution in [-0.4, -0.2) is 49.3 Å². The summed E-state index contributed by atoms with van der Waals surface area (Å²) in [6, 6.07) is 22.3. The Kier molecular flexibility index (Phi) is 7.62. The van der Waals surface area contributed by atoms with Gasteiger partial charge in [0.1, 0.15) is 6.04 Å². The summed E-state index contributed by atoms with van der Waals surface area (Å²) >= 11 is 1.72. The molecule has 39 heavy (non-hydrogen) atoms. The average molecular weight is 541 g/mol. The molecule has 0 bridgehead atoms. The minimum absolute atomic E-state index is 0.0699. The highest BCUT2D eigenvalue weighted by Gasteiger charge is 2.32. The number of tetrazole rings is 1. The first-order valence-corrected chi connectivity index (χ1v) is 14.3. The molecule has 1 N–H and O–H groups in total. The molecule has 5 aromatic rings. The first kappa shape index (κ1) is 25.6. The number of thiophene rings is 1. The van der Waals surface area contributed by atoms with Crippen LogP contribution in [0.25, 0.3) is 10.9 Å². The van der Waals surface area contributed by atoms with Crippen molar-refractivity contribution in [2.45, 2.75) is 51.4 Å². The van der Waals surface area contributed by atoms with E-state index in [0.717, 1.165) is 48.9 Å². The second kappa shape index (κ2) is 11.6. The van der Waals surface area contributed by atoms with Crippen molar-refractivity contribution in [3.8, 4) is 0 Å².